The molecule has 0 amide bonds. The van der Waals surface area contributed by atoms with Gasteiger partial charge in [-0.3, -0.25) is 4.68 Å². The first-order chi connectivity index (χ1) is 18.4. The van der Waals surface area contributed by atoms with E-state index in [4.69, 9.17) is 25.3 Å². The van der Waals surface area contributed by atoms with Crippen LogP contribution >= 0.6 is 0 Å². The molecule has 0 atom stereocenters. The van der Waals surface area contributed by atoms with E-state index in [2.05, 4.69) is 16.6 Å². The van der Waals surface area contributed by atoms with Crippen LogP contribution in [-0.2, 0) is 11.3 Å². The number of nitrogens with two attached hydrogens (primary N) is 1. The first-order valence-corrected chi connectivity index (χ1v) is 13.7. The average molecular weight is 515 g/mol. The molecule has 0 saturated heterocycles. The van der Waals surface area contributed by atoms with E-state index < -0.39 is 5.97 Å². The summed E-state index contributed by atoms with van der Waals surface area (Å²) in [6.45, 7) is 4.02. The molecule has 1 aliphatic heterocycles. The summed E-state index contributed by atoms with van der Waals surface area (Å²) in [4.78, 5) is 24.2. The summed E-state index contributed by atoms with van der Waals surface area (Å²) in [5.41, 5.74) is 9.98. The van der Waals surface area contributed by atoms with Crippen LogP contribution in [0.5, 0.6) is 5.75 Å². The van der Waals surface area contributed by atoms with E-state index in [0.717, 1.165) is 41.2 Å². The van der Waals surface area contributed by atoms with Crippen molar-refractivity contribution in [3.05, 3.63) is 42.0 Å². The van der Waals surface area contributed by atoms with Crippen molar-refractivity contribution in [2.75, 3.05) is 30.9 Å². The lowest BCUT2D eigenvalue weighted by Crippen LogP contribution is -2.48. The molecule has 9 heteroatoms. The maximum Gasteiger partial charge on any atom is 0.342 e. The highest BCUT2D eigenvalue weighted by Gasteiger charge is 2.51. The maximum atomic E-state index is 13.2. The third-order valence-corrected chi connectivity index (χ3v) is 9.35. The Labute approximate surface area is 222 Å². The first-order valence-electron chi connectivity index (χ1n) is 13.7. The minimum absolute atomic E-state index is 0.360. The Hall–Kier alpha value is -3.62. The fourth-order valence-corrected chi connectivity index (χ4v) is 8.15. The number of aromatic nitrogens is 4. The van der Waals surface area contributed by atoms with Gasteiger partial charge < -0.3 is 20.1 Å². The predicted octanol–water partition coefficient (Wildman–Crippen LogP) is 4.76. The summed E-state index contributed by atoms with van der Waals surface area (Å²) < 4.78 is 13.5. The number of carbonyl (C=O) groups excluding carboxylic acids is 1. The summed E-state index contributed by atoms with van der Waals surface area (Å²) >= 11 is 0. The Kier molecular flexibility index (Phi) is 5.39. The normalized spacial score (nSPS) is 27.2. The van der Waals surface area contributed by atoms with Gasteiger partial charge in [-0.15, -0.1) is 0 Å². The monoisotopic (exact) mass is 514 g/mol. The van der Waals surface area contributed by atoms with Crippen LogP contribution in [0.1, 0.15) is 54.6 Å². The molecule has 4 heterocycles. The molecule has 2 N–H and O–H groups in total. The molecular weight excluding hydrogens is 480 g/mol. The molecular formula is C29H34N6O3. The standard InChI is InChI=1S/C29H34N6O3/c1-17-22(15-33-35(17)16-29-10-18-7-19(11-29)9-20(8-18)12-29)23-14-32-27-26(25(23)28(36)37-2)38-6-5-34(27)21-3-4-24(30)31-13-21/h3-4,13-15,18-20H,5-12,16H2,1-2H3,(H2,30,31). The molecule has 0 aromatic carbocycles. The zero-order valence-electron chi connectivity index (χ0n) is 22.0. The van der Waals surface area contributed by atoms with Crippen LogP contribution in [0.2, 0.25) is 0 Å². The second-order valence-electron chi connectivity index (χ2n) is 11.9. The van der Waals surface area contributed by atoms with E-state index >= 15 is 0 Å². The van der Waals surface area contributed by atoms with Crippen LogP contribution in [0.15, 0.2) is 30.7 Å². The van der Waals surface area contributed by atoms with E-state index in [1.165, 1.54) is 45.6 Å². The quantitative estimate of drug-likeness (QED) is 0.486. The highest BCUT2D eigenvalue weighted by Crippen LogP contribution is 2.60. The van der Waals surface area contributed by atoms with Crippen LogP contribution in [0.4, 0.5) is 17.3 Å². The lowest BCUT2D eigenvalue weighted by molar-refractivity contribution is -0.0638. The van der Waals surface area contributed by atoms with E-state index in [1.54, 1.807) is 18.5 Å². The van der Waals surface area contributed by atoms with Gasteiger partial charge >= 0.3 is 5.97 Å². The smallest absolute Gasteiger partial charge is 0.342 e. The Balaban J connectivity index is 1.26. The fraction of sp³-hybridized carbons (Fsp3) is 0.517. The molecule has 0 radical (unpaired) electrons. The van der Waals surface area contributed by atoms with Crippen molar-refractivity contribution in [1.82, 2.24) is 19.7 Å². The van der Waals surface area contributed by atoms with Crippen LogP contribution in [0, 0.1) is 30.1 Å². The molecule has 0 unspecified atom stereocenters. The molecule has 0 spiro atoms. The molecule has 4 bridgehead atoms. The zero-order chi connectivity index (χ0) is 26.0. The lowest BCUT2D eigenvalue weighted by atomic mass is 9.49. The van der Waals surface area contributed by atoms with Crippen LogP contribution in [-0.4, -0.2) is 46.0 Å². The molecule has 5 aliphatic rings. The molecule has 4 fully saturated rings. The third-order valence-electron chi connectivity index (χ3n) is 9.35. The van der Waals surface area contributed by atoms with Gasteiger partial charge in [-0.1, -0.05) is 0 Å². The third kappa shape index (κ3) is 3.74. The number of carbonyl (C=O) groups is 1. The van der Waals surface area contributed by atoms with E-state index in [1.807, 2.05) is 17.2 Å². The summed E-state index contributed by atoms with van der Waals surface area (Å²) in [7, 11) is 1.40. The Morgan fingerprint density at radius 3 is 2.47 bits per heavy atom. The number of esters is 1. The number of nitrogen functional groups attached to an aromatic ring is 1. The van der Waals surface area contributed by atoms with Crippen molar-refractivity contribution in [2.24, 2.45) is 23.2 Å². The number of anilines is 3. The second-order valence-corrected chi connectivity index (χ2v) is 11.9. The molecule has 9 nitrogen and oxygen atoms in total. The van der Waals surface area contributed by atoms with Gasteiger partial charge in [0, 0.05) is 29.6 Å². The molecule has 8 rings (SSSR count). The van der Waals surface area contributed by atoms with Gasteiger partial charge in [0.05, 0.1) is 31.7 Å². The topological polar surface area (TPSA) is 108 Å². The number of hydrogen-bond donors (Lipinski definition) is 1. The number of rotatable bonds is 5. The number of nitrogens with zero attached hydrogens (tertiary/aromatic N) is 5. The molecule has 38 heavy (non-hydrogen) atoms. The van der Waals surface area contributed by atoms with Gasteiger partial charge in [0.15, 0.2) is 11.6 Å². The molecule has 198 valence electrons. The van der Waals surface area contributed by atoms with E-state index in [-0.39, 0.29) is 0 Å². The predicted molar refractivity (Wildman–Crippen MR) is 143 cm³/mol. The van der Waals surface area contributed by atoms with Crippen LogP contribution < -0.4 is 15.4 Å². The number of fused-ring (bicyclic) bond motifs is 1. The summed E-state index contributed by atoms with van der Waals surface area (Å²) in [6, 6.07) is 3.64. The van der Waals surface area contributed by atoms with Crippen molar-refractivity contribution in [3.63, 3.8) is 0 Å². The maximum absolute atomic E-state index is 13.2. The average Bonchev–Trinajstić information content (AvgIpc) is 3.25. The van der Waals surface area contributed by atoms with Crippen LogP contribution in [0.3, 0.4) is 0 Å². The van der Waals surface area contributed by atoms with Gasteiger partial charge in [-0.2, -0.15) is 5.10 Å². The molecule has 4 aliphatic carbocycles. The van der Waals surface area contributed by atoms with Crippen molar-refractivity contribution < 1.29 is 14.3 Å². The summed E-state index contributed by atoms with van der Waals surface area (Å²) in [5, 5.41) is 4.84. The Morgan fingerprint density at radius 2 is 1.82 bits per heavy atom. The number of pyridine rings is 2. The summed E-state index contributed by atoms with van der Waals surface area (Å²) in [6.07, 6.45) is 13.6. The second kappa shape index (κ2) is 8.71. The van der Waals surface area contributed by atoms with Crippen molar-refractivity contribution >= 4 is 23.3 Å². The van der Waals surface area contributed by atoms with Gasteiger partial charge in [0.1, 0.15) is 18.0 Å². The van der Waals surface area contributed by atoms with Crippen molar-refractivity contribution in [1.29, 1.82) is 0 Å². The van der Waals surface area contributed by atoms with Crippen LogP contribution in [0.25, 0.3) is 11.1 Å². The van der Waals surface area contributed by atoms with Gasteiger partial charge in [0.25, 0.3) is 0 Å². The number of hydrogen-bond acceptors (Lipinski definition) is 8. The van der Waals surface area contributed by atoms with Gasteiger partial charge in [0.2, 0.25) is 0 Å². The Morgan fingerprint density at radius 1 is 1.08 bits per heavy atom. The van der Waals surface area contributed by atoms with E-state index in [0.29, 0.717) is 47.1 Å². The highest BCUT2D eigenvalue weighted by molar-refractivity contribution is 6.02. The Bertz CT molecular complexity index is 1360. The minimum atomic E-state index is -0.454. The van der Waals surface area contributed by atoms with Gasteiger partial charge in [-0.25, -0.2) is 14.8 Å². The minimum Gasteiger partial charge on any atom is -0.487 e. The number of ether oxygens (including phenoxy) is 2. The number of methoxy groups -OCH3 is 1. The van der Waals surface area contributed by atoms with E-state index in [9.17, 15) is 4.79 Å². The lowest BCUT2D eigenvalue weighted by Gasteiger charge is -2.56. The molecule has 3 aromatic heterocycles. The summed E-state index contributed by atoms with van der Waals surface area (Å²) in [5.74, 6) is 3.65. The fourth-order valence-electron chi connectivity index (χ4n) is 8.15. The molecule has 4 saturated carbocycles. The SMILES string of the molecule is COC(=O)c1c(-c2cnn(CC34CC5CC(CC(C5)C3)C4)c2C)cnc2c1OCCN2c1ccc(N)nc1. The van der Waals surface area contributed by atoms with Crippen molar-refractivity contribution in [2.45, 2.75) is 52.0 Å². The highest BCUT2D eigenvalue weighted by atomic mass is 16.5. The zero-order valence-corrected chi connectivity index (χ0v) is 22.0. The van der Waals surface area contributed by atoms with Crippen molar-refractivity contribution in [3.8, 4) is 16.9 Å². The first kappa shape index (κ1) is 23.5. The van der Waals surface area contributed by atoms with Gasteiger partial charge in [-0.05, 0) is 80.8 Å². The molecule has 3 aromatic rings. The largest absolute Gasteiger partial charge is 0.487 e.